The molecule has 1 aliphatic heterocycles. The predicted octanol–water partition coefficient (Wildman–Crippen LogP) is 3.12. The van der Waals surface area contributed by atoms with Crippen molar-refractivity contribution in [3.05, 3.63) is 58.4 Å². The lowest BCUT2D eigenvalue weighted by Gasteiger charge is -2.32. The summed E-state index contributed by atoms with van der Waals surface area (Å²) < 4.78 is 5.10. The van der Waals surface area contributed by atoms with E-state index in [4.69, 9.17) is 0 Å². The summed E-state index contributed by atoms with van der Waals surface area (Å²) in [5, 5.41) is 9.15. The number of carbonyl (C=O) groups is 1. The van der Waals surface area contributed by atoms with Gasteiger partial charge in [0.25, 0.3) is 5.91 Å². The Morgan fingerprint density at radius 1 is 0.938 bits per heavy atom. The third kappa shape index (κ3) is 3.67. The molecule has 0 bridgehead atoms. The third-order valence-corrected chi connectivity index (χ3v) is 6.99. The lowest BCUT2D eigenvalue weighted by Crippen LogP contribution is -2.39. The molecule has 0 radical (unpaired) electrons. The van der Waals surface area contributed by atoms with E-state index in [0.29, 0.717) is 18.8 Å². The van der Waals surface area contributed by atoms with Gasteiger partial charge in [0.1, 0.15) is 11.5 Å². The minimum absolute atomic E-state index is 0.00580. The van der Waals surface area contributed by atoms with Crippen molar-refractivity contribution in [1.29, 1.82) is 0 Å². The smallest absolute Gasteiger partial charge is 0.337 e. The van der Waals surface area contributed by atoms with Gasteiger partial charge in [0, 0.05) is 44.7 Å². The molecule has 2 fully saturated rings. The van der Waals surface area contributed by atoms with Crippen LogP contribution in [-0.4, -0.2) is 48.0 Å². The SMILES string of the molecule is Cn1nc(-c2ccccc2)cc1C(=O)N1CCC(c2nn(C)c(=O)n2C2CCCC2)CC1. The van der Waals surface area contributed by atoms with Crippen LogP contribution in [0.25, 0.3) is 11.3 Å². The number of carbonyl (C=O) groups excluding carboxylic acids is 1. The molecular formula is C24H30N6O2. The van der Waals surface area contributed by atoms with Gasteiger partial charge in [0.05, 0.1) is 5.69 Å². The Hall–Kier alpha value is -3.16. The molecule has 0 N–H and O–H groups in total. The second-order valence-corrected chi connectivity index (χ2v) is 9.04. The van der Waals surface area contributed by atoms with Crippen molar-refractivity contribution in [2.24, 2.45) is 14.1 Å². The Morgan fingerprint density at radius 2 is 1.62 bits per heavy atom. The summed E-state index contributed by atoms with van der Waals surface area (Å²) in [6.07, 6.45) is 6.10. The zero-order valence-corrected chi connectivity index (χ0v) is 18.8. The number of hydrogen-bond acceptors (Lipinski definition) is 4. The van der Waals surface area contributed by atoms with Gasteiger partial charge in [-0.1, -0.05) is 43.2 Å². The molecule has 1 saturated carbocycles. The van der Waals surface area contributed by atoms with Crippen LogP contribution in [0.15, 0.2) is 41.2 Å². The quantitative estimate of drug-likeness (QED) is 0.632. The van der Waals surface area contributed by atoms with Crippen molar-refractivity contribution in [2.75, 3.05) is 13.1 Å². The first-order valence-electron chi connectivity index (χ1n) is 11.6. The monoisotopic (exact) mass is 434 g/mol. The number of nitrogens with zero attached hydrogens (tertiary/aromatic N) is 6. The summed E-state index contributed by atoms with van der Waals surface area (Å²) >= 11 is 0. The highest BCUT2D eigenvalue weighted by atomic mass is 16.2. The molecule has 1 aromatic carbocycles. The fourth-order valence-corrected chi connectivity index (χ4v) is 5.20. The lowest BCUT2D eigenvalue weighted by molar-refractivity contribution is 0.0698. The summed E-state index contributed by atoms with van der Waals surface area (Å²) in [4.78, 5) is 27.9. The molecule has 168 valence electrons. The van der Waals surface area contributed by atoms with Crippen molar-refractivity contribution in [3.8, 4) is 11.3 Å². The number of likely N-dealkylation sites (tertiary alicyclic amines) is 1. The Morgan fingerprint density at radius 3 is 2.31 bits per heavy atom. The zero-order valence-electron chi connectivity index (χ0n) is 18.8. The van der Waals surface area contributed by atoms with Crippen molar-refractivity contribution in [2.45, 2.75) is 50.5 Å². The van der Waals surface area contributed by atoms with Gasteiger partial charge in [-0.05, 0) is 31.7 Å². The standard InChI is InChI=1S/C24H30N6O2/c1-27-21(16-20(25-27)17-8-4-3-5-9-17)23(31)29-14-12-18(13-15-29)22-26-28(2)24(32)30(22)19-10-6-7-11-19/h3-5,8-9,16,18-19H,6-7,10-15H2,1-2H3. The maximum atomic E-state index is 13.2. The van der Waals surface area contributed by atoms with E-state index in [9.17, 15) is 9.59 Å². The molecule has 1 amide bonds. The van der Waals surface area contributed by atoms with Crippen LogP contribution in [0.5, 0.6) is 0 Å². The second-order valence-electron chi connectivity index (χ2n) is 9.04. The molecule has 1 saturated heterocycles. The molecule has 8 nitrogen and oxygen atoms in total. The van der Waals surface area contributed by atoms with Crippen LogP contribution in [0.1, 0.15) is 66.8 Å². The van der Waals surface area contributed by atoms with Gasteiger partial charge in [-0.25, -0.2) is 9.48 Å². The van der Waals surface area contributed by atoms with Crippen molar-refractivity contribution < 1.29 is 4.79 Å². The molecule has 3 aromatic rings. The Labute approximate surface area is 187 Å². The van der Waals surface area contributed by atoms with Crippen LogP contribution in [0.3, 0.4) is 0 Å². The molecule has 0 spiro atoms. The number of aromatic nitrogens is 5. The average Bonchev–Trinajstić information content (AvgIpc) is 3.54. The van der Waals surface area contributed by atoms with Gasteiger partial charge in [-0.15, -0.1) is 0 Å². The zero-order chi connectivity index (χ0) is 22.2. The Kier molecular flexibility index (Phi) is 5.45. The van der Waals surface area contributed by atoms with Gasteiger partial charge in [-0.3, -0.25) is 14.0 Å². The maximum absolute atomic E-state index is 13.2. The molecule has 1 aliphatic carbocycles. The molecule has 0 unspecified atom stereocenters. The van der Waals surface area contributed by atoms with Crippen LogP contribution in [0.2, 0.25) is 0 Å². The molecule has 3 heterocycles. The van der Waals surface area contributed by atoms with E-state index in [1.807, 2.05) is 52.9 Å². The minimum Gasteiger partial charge on any atom is -0.337 e. The van der Waals surface area contributed by atoms with E-state index in [0.717, 1.165) is 42.8 Å². The molecule has 5 rings (SSSR count). The van der Waals surface area contributed by atoms with Crippen LogP contribution in [0.4, 0.5) is 0 Å². The van der Waals surface area contributed by atoms with E-state index >= 15 is 0 Å². The number of rotatable bonds is 4. The van der Waals surface area contributed by atoms with Gasteiger partial charge >= 0.3 is 5.69 Å². The number of hydrogen-bond donors (Lipinski definition) is 0. The summed E-state index contributed by atoms with van der Waals surface area (Å²) in [5.74, 6) is 1.12. The Balaban J connectivity index is 1.31. The van der Waals surface area contributed by atoms with Crippen molar-refractivity contribution in [1.82, 2.24) is 29.0 Å². The molecule has 0 atom stereocenters. The van der Waals surface area contributed by atoms with E-state index in [2.05, 4.69) is 10.2 Å². The molecule has 32 heavy (non-hydrogen) atoms. The highest BCUT2D eigenvalue weighted by molar-refractivity contribution is 5.93. The second kappa shape index (κ2) is 8.41. The summed E-state index contributed by atoms with van der Waals surface area (Å²) in [6.45, 7) is 1.32. The van der Waals surface area contributed by atoms with Crippen LogP contribution in [-0.2, 0) is 14.1 Å². The highest BCUT2D eigenvalue weighted by Gasteiger charge is 2.32. The first-order chi connectivity index (χ1) is 15.5. The number of amides is 1. The van der Waals surface area contributed by atoms with Crippen LogP contribution < -0.4 is 5.69 Å². The summed E-state index contributed by atoms with van der Waals surface area (Å²) in [6, 6.07) is 12.1. The van der Waals surface area contributed by atoms with E-state index in [1.165, 1.54) is 17.5 Å². The topological polar surface area (TPSA) is 78.0 Å². The Bertz CT molecular complexity index is 1160. The molecule has 2 aromatic heterocycles. The third-order valence-electron chi connectivity index (χ3n) is 6.99. The van der Waals surface area contributed by atoms with Gasteiger partial charge in [0.2, 0.25) is 0 Å². The van der Waals surface area contributed by atoms with Crippen molar-refractivity contribution >= 4 is 5.91 Å². The van der Waals surface area contributed by atoms with Gasteiger partial charge in [0.15, 0.2) is 0 Å². The van der Waals surface area contributed by atoms with E-state index in [-0.39, 0.29) is 23.6 Å². The minimum atomic E-state index is -0.00580. The number of aryl methyl sites for hydroxylation is 2. The van der Waals surface area contributed by atoms with Gasteiger partial charge in [-0.2, -0.15) is 10.2 Å². The van der Waals surface area contributed by atoms with Crippen LogP contribution >= 0.6 is 0 Å². The summed E-state index contributed by atoms with van der Waals surface area (Å²) in [5.41, 5.74) is 2.40. The van der Waals surface area contributed by atoms with Crippen molar-refractivity contribution in [3.63, 3.8) is 0 Å². The number of benzene rings is 1. The van der Waals surface area contributed by atoms with Gasteiger partial charge < -0.3 is 4.90 Å². The fourth-order valence-electron chi connectivity index (χ4n) is 5.20. The first-order valence-corrected chi connectivity index (χ1v) is 11.6. The average molecular weight is 435 g/mol. The highest BCUT2D eigenvalue weighted by Crippen LogP contribution is 2.34. The molecule has 8 heteroatoms. The van der Waals surface area contributed by atoms with Crippen LogP contribution in [0, 0.1) is 0 Å². The van der Waals surface area contributed by atoms with E-state index < -0.39 is 0 Å². The first kappa shape index (κ1) is 20.7. The fraction of sp³-hybridized carbons (Fsp3) is 0.500. The maximum Gasteiger partial charge on any atom is 0.345 e. The molecular weight excluding hydrogens is 404 g/mol. The molecule has 2 aliphatic rings. The number of piperidine rings is 1. The largest absolute Gasteiger partial charge is 0.345 e. The predicted molar refractivity (Wildman–Crippen MR) is 121 cm³/mol. The lowest BCUT2D eigenvalue weighted by atomic mass is 9.95. The normalized spacial score (nSPS) is 17.9. The van der Waals surface area contributed by atoms with E-state index in [1.54, 1.807) is 11.7 Å². The summed E-state index contributed by atoms with van der Waals surface area (Å²) in [7, 11) is 3.56.